The van der Waals surface area contributed by atoms with Crippen LogP contribution in [0.5, 0.6) is 0 Å². The van der Waals surface area contributed by atoms with Gasteiger partial charge in [-0.25, -0.2) is 9.36 Å². The third kappa shape index (κ3) is 7.88. The zero-order chi connectivity index (χ0) is 20.2. The van der Waals surface area contributed by atoms with Crippen molar-refractivity contribution in [3.63, 3.8) is 0 Å². The molecule has 2 aliphatic rings. The standard InChI is InChI=1S/C21H37O6P/c1-3-4-5-6-7-8-9-10-11-12-13-14-15-25-28(23)26-17-19-16-24-21(22)20(19)18(2)27-28/h19H,3-17H2,1-2H3/t19-,28-/m1/s1. The number of hydrogen-bond acceptors (Lipinski definition) is 6. The minimum absolute atomic E-state index is 0.119. The number of unbranched alkanes of at least 4 members (excludes halogenated alkanes) is 11. The maximum Gasteiger partial charge on any atom is 0.529 e. The fraction of sp³-hybridized carbons (Fsp3) is 0.857. The Morgan fingerprint density at radius 2 is 1.50 bits per heavy atom. The molecule has 2 aliphatic heterocycles. The summed E-state index contributed by atoms with van der Waals surface area (Å²) < 4.78 is 33.8. The highest BCUT2D eigenvalue weighted by Gasteiger charge is 2.42. The number of esters is 1. The van der Waals surface area contributed by atoms with Crippen LogP contribution in [0.2, 0.25) is 0 Å². The Hall–Kier alpha value is -0.840. The van der Waals surface area contributed by atoms with E-state index in [4.69, 9.17) is 18.3 Å². The molecular formula is C21H37O6P. The smallest absolute Gasteiger partial charge is 0.461 e. The summed E-state index contributed by atoms with van der Waals surface area (Å²) in [6.07, 6.45) is 15.1. The van der Waals surface area contributed by atoms with Gasteiger partial charge in [-0.1, -0.05) is 77.6 Å². The lowest BCUT2D eigenvalue weighted by Gasteiger charge is -2.17. The molecule has 0 aromatic heterocycles. The molecule has 28 heavy (non-hydrogen) atoms. The zero-order valence-corrected chi connectivity index (χ0v) is 18.5. The van der Waals surface area contributed by atoms with E-state index < -0.39 is 13.8 Å². The van der Waals surface area contributed by atoms with Gasteiger partial charge in [-0.3, -0.25) is 9.05 Å². The van der Waals surface area contributed by atoms with Gasteiger partial charge >= 0.3 is 13.8 Å². The minimum Gasteiger partial charge on any atom is -0.461 e. The third-order valence-electron chi connectivity index (χ3n) is 5.35. The zero-order valence-electron chi connectivity index (χ0n) is 17.6. The van der Waals surface area contributed by atoms with Gasteiger partial charge in [-0.05, 0) is 13.3 Å². The van der Waals surface area contributed by atoms with E-state index in [1.807, 2.05) is 0 Å². The summed E-state index contributed by atoms with van der Waals surface area (Å²) >= 11 is 0. The van der Waals surface area contributed by atoms with Gasteiger partial charge in [0.05, 0.1) is 24.7 Å². The van der Waals surface area contributed by atoms with E-state index in [1.54, 1.807) is 6.92 Å². The Bertz CT molecular complexity index is 559. The van der Waals surface area contributed by atoms with Gasteiger partial charge in [0.1, 0.15) is 12.4 Å². The molecular weight excluding hydrogens is 379 g/mol. The van der Waals surface area contributed by atoms with Gasteiger partial charge in [0.25, 0.3) is 0 Å². The number of carbonyl (C=O) groups is 1. The molecule has 0 aromatic carbocycles. The van der Waals surface area contributed by atoms with Crippen molar-refractivity contribution in [1.82, 2.24) is 0 Å². The maximum absolute atomic E-state index is 12.6. The molecule has 2 rings (SSSR count). The molecule has 0 spiro atoms. The number of phosphoric ester groups is 1. The van der Waals surface area contributed by atoms with Crippen LogP contribution in [0.3, 0.4) is 0 Å². The van der Waals surface area contributed by atoms with Gasteiger partial charge < -0.3 is 9.26 Å². The molecule has 0 aliphatic carbocycles. The number of rotatable bonds is 14. The van der Waals surface area contributed by atoms with E-state index in [0.29, 0.717) is 17.9 Å². The fourth-order valence-electron chi connectivity index (χ4n) is 3.67. The number of cyclic esters (lactones) is 1. The maximum atomic E-state index is 12.6. The molecule has 0 bridgehead atoms. The van der Waals surface area contributed by atoms with Gasteiger partial charge in [-0.2, -0.15) is 0 Å². The molecule has 0 radical (unpaired) electrons. The summed E-state index contributed by atoms with van der Waals surface area (Å²) in [5, 5.41) is 0. The minimum atomic E-state index is -3.64. The van der Waals surface area contributed by atoms with Crippen LogP contribution in [0, 0.1) is 5.92 Å². The first-order chi connectivity index (χ1) is 13.6. The second-order valence-corrected chi connectivity index (χ2v) is 9.42. The highest BCUT2D eigenvalue weighted by molar-refractivity contribution is 7.48. The van der Waals surface area contributed by atoms with E-state index in [9.17, 15) is 9.36 Å². The van der Waals surface area contributed by atoms with E-state index >= 15 is 0 Å². The molecule has 0 aromatic rings. The average molecular weight is 416 g/mol. The lowest BCUT2D eigenvalue weighted by atomic mass is 10.0. The summed E-state index contributed by atoms with van der Waals surface area (Å²) in [5.74, 6) is -0.345. The monoisotopic (exact) mass is 416 g/mol. The summed E-state index contributed by atoms with van der Waals surface area (Å²) in [7, 11) is -3.64. The number of fused-ring (bicyclic) bond motifs is 1. The summed E-state index contributed by atoms with van der Waals surface area (Å²) in [6, 6.07) is 0. The Morgan fingerprint density at radius 3 is 2.11 bits per heavy atom. The predicted octanol–water partition coefficient (Wildman–Crippen LogP) is 6.31. The Kier molecular flexibility index (Phi) is 10.6. The number of phosphoric acid groups is 1. The van der Waals surface area contributed by atoms with Crippen molar-refractivity contribution >= 4 is 13.8 Å². The Morgan fingerprint density at radius 1 is 0.929 bits per heavy atom. The Labute approximate surface area is 170 Å². The number of allylic oxidation sites excluding steroid dienone is 1. The molecule has 0 N–H and O–H groups in total. The van der Waals surface area contributed by atoms with Crippen LogP contribution in [0.1, 0.15) is 90.9 Å². The molecule has 2 atom stereocenters. The number of carbonyl (C=O) groups excluding carboxylic acids is 1. The van der Waals surface area contributed by atoms with Gasteiger partial charge in [-0.15, -0.1) is 0 Å². The molecule has 7 heteroatoms. The first-order valence-corrected chi connectivity index (χ1v) is 12.5. The molecule has 2 heterocycles. The molecule has 1 saturated heterocycles. The van der Waals surface area contributed by atoms with Crippen LogP contribution in [0.25, 0.3) is 0 Å². The predicted molar refractivity (Wildman–Crippen MR) is 109 cm³/mol. The summed E-state index contributed by atoms with van der Waals surface area (Å²) in [6.45, 7) is 4.57. The van der Waals surface area contributed by atoms with Crippen molar-refractivity contribution in [3.8, 4) is 0 Å². The van der Waals surface area contributed by atoms with E-state index in [0.717, 1.165) is 12.8 Å². The van der Waals surface area contributed by atoms with Crippen LogP contribution < -0.4 is 0 Å². The SMILES string of the molecule is CCCCCCCCCCCCCCO[P@]1(=O)OC[C@H]2COC(=O)C2=C(C)O1. The first-order valence-electron chi connectivity index (χ1n) is 11.0. The lowest BCUT2D eigenvalue weighted by Crippen LogP contribution is -2.10. The number of ether oxygens (including phenoxy) is 1. The third-order valence-corrected chi connectivity index (χ3v) is 6.81. The molecule has 1 fully saturated rings. The molecule has 6 nitrogen and oxygen atoms in total. The van der Waals surface area contributed by atoms with Crippen molar-refractivity contribution in [2.24, 2.45) is 5.92 Å². The summed E-state index contributed by atoms with van der Waals surface area (Å²) in [4.78, 5) is 11.7. The van der Waals surface area contributed by atoms with Crippen molar-refractivity contribution < 1.29 is 27.7 Å². The molecule has 0 unspecified atom stereocenters. The fourth-order valence-corrected chi connectivity index (χ4v) is 5.00. The second-order valence-electron chi connectivity index (χ2n) is 7.82. The Balaban J connectivity index is 1.51. The second kappa shape index (κ2) is 12.7. The topological polar surface area (TPSA) is 71.1 Å². The van der Waals surface area contributed by atoms with Crippen molar-refractivity contribution in [2.45, 2.75) is 90.9 Å². The first kappa shape index (κ1) is 23.4. The molecule has 162 valence electrons. The van der Waals surface area contributed by atoms with Crippen LogP contribution in [-0.4, -0.2) is 25.8 Å². The highest BCUT2D eigenvalue weighted by atomic mass is 31.2. The van der Waals surface area contributed by atoms with E-state index in [2.05, 4.69) is 6.92 Å². The highest BCUT2D eigenvalue weighted by Crippen LogP contribution is 2.54. The quantitative estimate of drug-likeness (QED) is 0.188. The largest absolute Gasteiger partial charge is 0.529 e. The average Bonchev–Trinajstić information content (AvgIpc) is 2.98. The van der Waals surface area contributed by atoms with E-state index in [1.165, 1.54) is 64.2 Å². The van der Waals surface area contributed by atoms with Crippen molar-refractivity contribution in [1.29, 1.82) is 0 Å². The lowest BCUT2D eigenvalue weighted by molar-refractivity contribution is -0.135. The van der Waals surface area contributed by atoms with Gasteiger partial charge in [0.15, 0.2) is 0 Å². The van der Waals surface area contributed by atoms with Crippen molar-refractivity contribution in [2.75, 3.05) is 19.8 Å². The van der Waals surface area contributed by atoms with Crippen LogP contribution in [0.4, 0.5) is 0 Å². The molecule has 0 saturated carbocycles. The number of hydrogen-bond donors (Lipinski definition) is 0. The van der Waals surface area contributed by atoms with Crippen LogP contribution >= 0.6 is 7.82 Å². The van der Waals surface area contributed by atoms with Gasteiger partial charge in [0, 0.05) is 0 Å². The molecule has 0 amide bonds. The normalized spacial score (nSPS) is 24.6. The summed E-state index contributed by atoms with van der Waals surface area (Å²) in [5.41, 5.74) is 0.423. The van der Waals surface area contributed by atoms with Crippen LogP contribution in [-0.2, 0) is 27.7 Å². The van der Waals surface area contributed by atoms with Crippen molar-refractivity contribution in [3.05, 3.63) is 11.3 Å². The van der Waals surface area contributed by atoms with E-state index in [-0.39, 0.29) is 19.1 Å². The van der Waals surface area contributed by atoms with Crippen LogP contribution in [0.15, 0.2) is 11.3 Å². The van der Waals surface area contributed by atoms with Gasteiger partial charge in [0.2, 0.25) is 0 Å².